The number of aromatic nitrogens is 1. The third kappa shape index (κ3) is 3.75. The molecule has 9 heteroatoms. The molecule has 1 aliphatic heterocycles. The molecule has 6 nitrogen and oxygen atoms in total. The maximum atomic E-state index is 12.9. The summed E-state index contributed by atoms with van der Waals surface area (Å²) in [5.74, 6) is -1.43. The first kappa shape index (κ1) is 19.9. The molecule has 1 aromatic carbocycles. The second-order valence-corrected chi connectivity index (χ2v) is 6.26. The number of carbonyl (C=O) groups excluding carboxylic acids is 1. The molecule has 0 spiro atoms. The van der Waals surface area contributed by atoms with Gasteiger partial charge in [0.05, 0.1) is 31.9 Å². The van der Waals surface area contributed by atoms with Crippen LogP contribution >= 0.6 is 0 Å². The highest BCUT2D eigenvalue weighted by atomic mass is 19.4. The zero-order chi connectivity index (χ0) is 20.5. The highest BCUT2D eigenvalue weighted by Crippen LogP contribution is 2.30. The van der Waals surface area contributed by atoms with Crippen molar-refractivity contribution in [3.05, 3.63) is 62.6 Å². The van der Waals surface area contributed by atoms with Crippen LogP contribution in [0.3, 0.4) is 0 Å². The monoisotopic (exact) mass is 397 g/mol. The Morgan fingerprint density at radius 3 is 2.57 bits per heavy atom. The smallest absolute Gasteiger partial charge is 0.416 e. The van der Waals surface area contributed by atoms with E-state index in [-0.39, 0.29) is 19.8 Å². The molecule has 150 valence electrons. The molecule has 0 unspecified atom stereocenters. The predicted molar refractivity (Wildman–Crippen MR) is 92.2 cm³/mol. The second-order valence-electron chi connectivity index (χ2n) is 6.26. The molecule has 2 aromatic rings. The van der Waals surface area contributed by atoms with E-state index in [1.54, 1.807) is 6.92 Å². The van der Waals surface area contributed by atoms with E-state index in [1.165, 1.54) is 16.7 Å². The number of carbonyl (C=O) groups is 1. The van der Waals surface area contributed by atoms with Crippen LogP contribution in [0.2, 0.25) is 0 Å². The largest absolute Gasteiger partial charge is 0.506 e. The number of pyridine rings is 1. The zero-order valence-electron chi connectivity index (χ0n) is 15.0. The number of halogens is 3. The van der Waals surface area contributed by atoms with E-state index in [9.17, 15) is 27.9 Å². The maximum Gasteiger partial charge on any atom is 0.416 e. The Labute approximate surface area is 158 Å². The molecular weight excluding hydrogens is 379 g/mol. The maximum absolute atomic E-state index is 12.9. The molecule has 0 radical (unpaired) electrons. The minimum Gasteiger partial charge on any atom is -0.506 e. The van der Waals surface area contributed by atoms with Crippen LogP contribution in [-0.4, -0.2) is 28.9 Å². The Hall–Kier alpha value is -2.81. The summed E-state index contributed by atoms with van der Waals surface area (Å²) in [4.78, 5) is 25.1. The average molecular weight is 397 g/mol. The molecule has 1 aliphatic rings. The average Bonchev–Trinajstić information content (AvgIpc) is 2.65. The van der Waals surface area contributed by atoms with Crippen molar-refractivity contribution in [1.82, 2.24) is 4.57 Å². The van der Waals surface area contributed by atoms with Gasteiger partial charge in [0.25, 0.3) is 5.56 Å². The fourth-order valence-corrected chi connectivity index (χ4v) is 3.13. The first-order chi connectivity index (χ1) is 13.2. The highest BCUT2D eigenvalue weighted by Gasteiger charge is 2.31. The summed E-state index contributed by atoms with van der Waals surface area (Å²) in [6, 6.07) is 4.42. The molecule has 2 heterocycles. The summed E-state index contributed by atoms with van der Waals surface area (Å²) in [6.07, 6.45) is -4.14. The molecule has 1 aromatic heterocycles. The molecule has 3 rings (SSSR count). The van der Waals surface area contributed by atoms with E-state index in [2.05, 4.69) is 0 Å². The van der Waals surface area contributed by atoms with Gasteiger partial charge in [0, 0.05) is 17.7 Å². The normalized spacial score (nSPS) is 13.9. The lowest BCUT2D eigenvalue weighted by molar-refractivity contribution is -0.137. The van der Waals surface area contributed by atoms with Crippen molar-refractivity contribution in [1.29, 1.82) is 0 Å². The van der Waals surface area contributed by atoms with Gasteiger partial charge in [-0.3, -0.25) is 4.79 Å². The highest BCUT2D eigenvalue weighted by molar-refractivity contribution is 5.92. The van der Waals surface area contributed by atoms with Gasteiger partial charge in [0.15, 0.2) is 5.56 Å². The van der Waals surface area contributed by atoms with Crippen LogP contribution in [-0.2, 0) is 35.2 Å². The van der Waals surface area contributed by atoms with E-state index < -0.39 is 34.6 Å². The first-order valence-electron chi connectivity index (χ1n) is 8.62. The molecular formula is C19H18F3NO5. The number of rotatable bonds is 4. The van der Waals surface area contributed by atoms with Crippen molar-refractivity contribution >= 4 is 5.97 Å². The summed E-state index contributed by atoms with van der Waals surface area (Å²) in [6.45, 7) is 1.87. The van der Waals surface area contributed by atoms with Gasteiger partial charge in [-0.1, -0.05) is 12.1 Å². The predicted octanol–water partition coefficient (Wildman–Crippen LogP) is 2.87. The standard InChI is InChI=1S/C19H18F3NO5/c1-2-28-18(26)15-16(24)13-10-27-8-7-14(13)23(17(15)25)9-11-3-5-12(6-4-11)19(20,21)22/h3-6,24H,2,7-10H2,1H3. The van der Waals surface area contributed by atoms with Crippen LogP contribution in [0.25, 0.3) is 0 Å². The molecule has 1 N–H and O–H groups in total. The fourth-order valence-electron chi connectivity index (χ4n) is 3.13. The SMILES string of the molecule is CCOC(=O)c1c(O)c2c(n(Cc3ccc(C(F)(F)F)cc3)c1=O)CCOC2. The van der Waals surface area contributed by atoms with Crippen molar-refractivity contribution in [3.8, 4) is 5.75 Å². The lowest BCUT2D eigenvalue weighted by Gasteiger charge is -2.24. The second kappa shape index (κ2) is 7.67. The summed E-state index contributed by atoms with van der Waals surface area (Å²) < 4.78 is 49.7. The molecule has 0 aliphatic carbocycles. The van der Waals surface area contributed by atoms with Gasteiger partial charge in [-0.15, -0.1) is 0 Å². The van der Waals surface area contributed by atoms with Crippen LogP contribution in [0.1, 0.15) is 39.7 Å². The summed E-state index contributed by atoms with van der Waals surface area (Å²) in [5.41, 5.74) is -0.807. The van der Waals surface area contributed by atoms with Crippen LogP contribution in [0.4, 0.5) is 13.2 Å². The number of hydrogen-bond acceptors (Lipinski definition) is 5. The van der Waals surface area contributed by atoms with Crippen LogP contribution in [0.15, 0.2) is 29.1 Å². The number of ether oxygens (including phenoxy) is 2. The molecule has 28 heavy (non-hydrogen) atoms. The summed E-state index contributed by atoms with van der Waals surface area (Å²) >= 11 is 0. The third-order valence-electron chi connectivity index (χ3n) is 4.49. The van der Waals surface area contributed by atoms with E-state index in [0.717, 1.165) is 12.1 Å². The van der Waals surface area contributed by atoms with Gasteiger partial charge in [-0.2, -0.15) is 13.2 Å². The summed E-state index contributed by atoms with van der Waals surface area (Å²) in [7, 11) is 0. The first-order valence-corrected chi connectivity index (χ1v) is 8.62. The zero-order valence-corrected chi connectivity index (χ0v) is 15.0. The van der Waals surface area contributed by atoms with Gasteiger partial charge in [-0.25, -0.2) is 4.79 Å². The van der Waals surface area contributed by atoms with Crippen molar-refractivity contribution in [3.63, 3.8) is 0 Å². The molecule has 0 saturated carbocycles. The van der Waals surface area contributed by atoms with E-state index in [0.29, 0.717) is 29.8 Å². The lowest BCUT2D eigenvalue weighted by Crippen LogP contribution is -2.33. The van der Waals surface area contributed by atoms with Gasteiger partial charge in [0.1, 0.15) is 5.75 Å². The third-order valence-corrected chi connectivity index (χ3v) is 4.49. The van der Waals surface area contributed by atoms with Crippen molar-refractivity contribution < 1.29 is 32.5 Å². The quantitative estimate of drug-likeness (QED) is 0.803. The number of esters is 1. The Kier molecular flexibility index (Phi) is 5.46. The number of alkyl halides is 3. The molecule has 0 bridgehead atoms. The number of nitrogens with zero attached hydrogens (tertiary/aromatic N) is 1. The Morgan fingerprint density at radius 1 is 1.29 bits per heavy atom. The van der Waals surface area contributed by atoms with Crippen LogP contribution < -0.4 is 5.56 Å². The number of benzene rings is 1. The van der Waals surface area contributed by atoms with E-state index >= 15 is 0 Å². The topological polar surface area (TPSA) is 77.8 Å². The molecule has 0 saturated heterocycles. The number of fused-ring (bicyclic) bond motifs is 1. The Bertz CT molecular complexity index is 948. The minimum absolute atomic E-state index is 0.0147. The fraction of sp³-hybridized carbons (Fsp3) is 0.368. The molecule has 0 atom stereocenters. The van der Waals surface area contributed by atoms with Crippen molar-refractivity contribution in [2.24, 2.45) is 0 Å². The van der Waals surface area contributed by atoms with Crippen LogP contribution in [0, 0.1) is 0 Å². The van der Waals surface area contributed by atoms with E-state index in [4.69, 9.17) is 9.47 Å². The Balaban J connectivity index is 2.08. The van der Waals surface area contributed by atoms with Crippen molar-refractivity contribution in [2.45, 2.75) is 32.7 Å². The molecule has 0 fully saturated rings. The van der Waals surface area contributed by atoms with Gasteiger partial charge >= 0.3 is 12.1 Å². The van der Waals surface area contributed by atoms with Gasteiger partial charge in [-0.05, 0) is 24.6 Å². The van der Waals surface area contributed by atoms with E-state index in [1.807, 2.05) is 0 Å². The lowest BCUT2D eigenvalue weighted by atomic mass is 10.0. The molecule has 0 amide bonds. The summed E-state index contributed by atoms with van der Waals surface area (Å²) in [5, 5.41) is 10.4. The van der Waals surface area contributed by atoms with Gasteiger partial charge < -0.3 is 19.1 Å². The number of aromatic hydroxyl groups is 1. The van der Waals surface area contributed by atoms with Crippen molar-refractivity contribution in [2.75, 3.05) is 13.2 Å². The van der Waals surface area contributed by atoms with Crippen LogP contribution in [0.5, 0.6) is 5.75 Å². The minimum atomic E-state index is -4.46. The Morgan fingerprint density at radius 2 is 1.96 bits per heavy atom. The number of hydrogen-bond donors (Lipinski definition) is 1. The van der Waals surface area contributed by atoms with Gasteiger partial charge in [0.2, 0.25) is 0 Å².